The van der Waals surface area contributed by atoms with Crippen molar-refractivity contribution in [2.75, 3.05) is 23.9 Å². The Bertz CT molecular complexity index is 5410. The van der Waals surface area contributed by atoms with Crippen molar-refractivity contribution in [3.05, 3.63) is 297 Å². The number of hydrogen-bond acceptors (Lipinski definition) is 20. The van der Waals surface area contributed by atoms with E-state index < -0.39 is 47.8 Å². The first-order valence-electron chi connectivity index (χ1n) is 39.8. The lowest BCUT2D eigenvalue weighted by molar-refractivity contribution is -0.121. The first-order valence-corrected chi connectivity index (χ1v) is 39.8. The minimum absolute atomic E-state index is 0.0119. The van der Waals surface area contributed by atoms with Crippen LogP contribution < -0.4 is 31.1 Å². The van der Waals surface area contributed by atoms with Crippen molar-refractivity contribution in [1.82, 2.24) is 102 Å². The molecule has 4 fully saturated rings. The molecule has 0 saturated heterocycles. The summed E-state index contributed by atoms with van der Waals surface area (Å²) in [5, 5.41) is 38.9. The molecule has 8 N–H and O–H groups in total. The molecule has 4 aromatic carbocycles. The Morgan fingerprint density at radius 2 is 0.593 bits per heavy atom. The van der Waals surface area contributed by atoms with E-state index in [1.165, 1.54) is 0 Å². The van der Waals surface area contributed by atoms with Gasteiger partial charge in [0.15, 0.2) is 11.6 Å². The van der Waals surface area contributed by atoms with Crippen molar-refractivity contribution in [2.24, 2.45) is 0 Å². The van der Waals surface area contributed by atoms with Crippen molar-refractivity contribution < 1.29 is 38.4 Å². The van der Waals surface area contributed by atoms with E-state index in [0.29, 0.717) is 86.3 Å². The number of fused-ring (bicyclic) bond motifs is 8. The Balaban J connectivity index is 0.000000113. The fourth-order valence-electron chi connectivity index (χ4n) is 16.9. The maximum absolute atomic E-state index is 13.1. The summed E-state index contributed by atoms with van der Waals surface area (Å²) in [5.74, 6) is 1.89. The second-order valence-corrected chi connectivity index (χ2v) is 31.9. The van der Waals surface area contributed by atoms with Gasteiger partial charge >= 0.3 is 0 Å². The third-order valence-corrected chi connectivity index (χ3v) is 23.8. The van der Waals surface area contributed by atoms with Gasteiger partial charge in [0.1, 0.15) is 47.0 Å². The van der Waals surface area contributed by atoms with Gasteiger partial charge in [-0.05, 0) is 146 Å². The minimum Gasteiger partial charge on any atom is -0.339 e. The lowest BCUT2D eigenvalue weighted by Gasteiger charge is -2.20. The molecule has 8 aliphatic rings. The first-order chi connectivity index (χ1) is 57.4. The number of rotatable bonds is 16. The van der Waals surface area contributed by atoms with Crippen LogP contribution in [0.15, 0.2) is 195 Å². The molecule has 596 valence electrons. The summed E-state index contributed by atoms with van der Waals surface area (Å²) in [6.45, 7) is 0. The van der Waals surface area contributed by atoms with Gasteiger partial charge in [-0.1, -0.05) is 146 Å². The molecule has 0 unspecified atom stereocenters. The van der Waals surface area contributed by atoms with Gasteiger partial charge in [0.2, 0.25) is 23.3 Å². The number of amides is 6. The van der Waals surface area contributed by atoms with Crippen molar-refractivity contribution in [1.29, 1.82) is 0 Å². The van der Waals surface area contributed by atoms with E-state index in [9.17, 15) is 38.4 Å². The number of anilines is 2. The highest BCUT2D eigenvalue weighted by Crippen LogP contribution is 2.58. The SMILES string of the molecule is CN1C(=O)[C@@H](NC(=O)c2n[nH]c(Cc3ccccc3)n2)CC2(CC2)c2cccnc21.CN1C(=O)[C@H](NC(=O)c2n[nH]c(Cc3ccccc3)n2)CC2(CC2)c2cccnc21.O=C(N[C@@H]1CC2(CC2)c2cccnc2CC1=O)c1n[nH]c(Cc2ccccc2)n1.O=C(N[C@H]1CC2(CC2)c2cccnc2CC1=O)c1n[nH]c(Cc2ccccc2)n1. The third kappa shape index (κ3) is 16.7. The second-order valence-electron chi connectivity index (χ2n) is 31.9. The Hall–Kier alpha value is -13.8. The van der Waals surface area contributed by atoms with Crippen LogP contribution in [0.1, 0.15) is 199 Å². The molecule has 12 aromatic rings. The Morgan fingerprint density at radius 3 is 0.881 bits per heavy atom. The molecule has 20 rings (SSSR count). The third-order valence-electron chi connectivity index (χ3n) is 23.8. The Morgan fingerprint density at radius 1 is 0.339 bits per heavy atom. The average molecular weight is 1580 g/mol. The summed E-state index contributed by atoms with van der Waals surface area (Å²) < 4.78 is 0. The number of aromatic amines is 4. The van der Waals surface area contributed by atoms with Gasteiger partial charge in [-0.3, -0.25) is 78.5 Å². The van der Waals surface area contributed by atoms with Crippen LogP contribution in [0.2, 0.25) is 0 Å². The molecule has 0 bridgehead atoms. The summed E-state index contributed by atoms with van der Waals surface area (Å²) in [7, 11) is 3.42. The molecule has 4 spiro atoms. The summed E-state index contributed by atoms with van der Waals surface area (Å²) in [6.07, 6.45) is 19.9. The fourth-order valence-corrected chi connectivity index (χ4v) is 16.9. The molecule has 30 heteroatoms. The predicted octanol–water partition coefficient (Wildman–Crippen LogP) is 8.25. The van der Waals surface area contributed by atoms with Gasteiger partial charge in [-0.2, -0.15) is 0 Å². The highest BCUT2D eigenvalue weighted by Gasteiger charge is 2.55. The van der Waals surface area contributed by atoms with Gasteiger partial charge in [-0.15, -0.1) is 20.4 Å². The van der Waals surface area contributed by atoms with Crippen molar-refractivity contribution >= 4 is 58.6 Å². The Kier molecular flexibility index (Phi) is 21.1. The zero-order valence-corrected chi connectivity index (χ0v) is 65.0. The maximum atomic E-state index is 13.1. The van der Waals surface area contributed by atoms with E-state index in [0.717, 1.165) is 107 Å². The van der Waals surface area contributed by atoms with E-state index in [4.69, 9.17) is 0 Å². The van der Waals surface area contributed by atoms with Crippen LogP contribution in [-0.4, -0.2) is 166 Å². The van der Waals surface area contributed by atoms with Crippen LogP contribution >= 0.6 is 0 Å². The highest BCUT2D eigenvalue weighted by atomic mass is 16.2. The number of aromatic nitrogens is 16. The highest BCUT2D eigenvalue weighted by molar-refractivity contribution is 6.03. The number of ketones is 2. The van der Waals surface area contributed by atoms with E-state index in [-0.39, 0.29) is 81.2 Å². The van der Waals surface area contributed by atoms with E-state index >= 15 is 0 Å². The zero-order valence-electron chi connectivity index (χ0n) is 65.0. The van der Waals surface area contributed by atoms with Gasteiger partial charge in [0.25, 0.3) is 35.4 Å². The van der Waals surface area contributed by atoms with Crippen LogP contribution in [0, 0.1) is 0 Å². The predicted molar refractivity (Wildman–Crippen MR) is 431 cm³/mol. The molecule has 4 atom stereocenters. The number of nitrogens with zero attached hydrogens (tertiary/aromatic N) is 14. The van der Waals surface area contributed by atoms with Gasteiger partial charge in [0.05, 0.1) is 36.3 Å². The molecule has 8 aromatic heterocycles. The number of carbonyl (C=O) groups excluding carboxylic acids is 8. The summed E-state index contributed by atoms with van der Waals surface area (Å²) >= 11 is 0. The Labute approximate surface area is 678 Å². The molecule has 2 aliphatic heterocycles. The number of hydrogen-bond donors (Lipinski definition) is 8. The average Bonchev–Trinajstić information content (AvgIpc) is 1.60. The molecule has 0 radical (unpaired) electrons. The molecule has 4 saturated carbocycles. The van der Waals surface area contributed by atoms with Crippen LogP contribution in [0.25, 0.3) is 0 Å². The normalized spacial score (nSPS) is 19.4. The lowest BCUT2D eigenvalue weighted by atomic mass is 9.90. The van der Waals surface area contributed by atoms with Gasteiger partial charge < -0.3 is 21.3 Å². The van der Waals surface area contributed by atoms with Crippen LogP contribution in [0.4, 0.5) is 11.6 Å². The smallest absolute Gasteiger partial charge is 0.291 e. The quantitative estimate of drug-likeness (QED) is 0.0451. The van der Waals surface area contributed by atoms with Crippen molar-refractivity contribution in [2.45, 2.75) is 161 Å². The fraction of sp³-hybridized carbons (Fsp3) is 0.318. The molecule has 10 heterocycles. The first kappa shape index (κ1) is 76.8. The number of Topliss-reactive ketones (excluding diaryl/α,β-unsaturated/α-hetero) is 2. The van der Waals surface area contributed by atoms with E-state index in [1.54, 1.807) is 48.7 Å². The van der Waals surface area contributed by atoms with Crippen molar-refractivity contribution in [3.63, 3.8) is 0 Å². The zero-order chi connectivity index (χ0) is 81.1. The topological polar surface area (TPSA) is 409 Å². The number of carbonyl (C=O) groups is 8. The lowest BCUT2D eigenvalue weighted by Crippen LogP contribution is -2.47. The summed E-state index contributed by atoms with van der Waals surface area (Å²) in [6, 6.07) is 52.8. The molecule has 118 heavy (non-hydrogen) atoms. The number of likely N-dealkylation sites (N-methyl/N-ethyl adjacent to an activating group) is 2. The van der Waals surface area contributed by atoms with Gasteiger partial charge in [0, 0.05) is 86.5 Å². The largest absolute Gasteiger partial charge is 0.339 e. The number of H-pyrrole nitrogens is 4. The molecule has 30 nitrogen and oxygen atoms in total. The molecule has 6 aliphatic carbocycles. The summed E-state index contributed by atoms with van der Waals surface area (Å²) in [4.78, 5) is 141. The standard InChI is InChI=1S/2C22H22N6O2.2C22H21N5O2/c2*1-28-19-15(8-5-11-23-19)22(9-10-22)13-16(21(28)30)24-20(29)18-25-17(26-27-18)12-14-6-3-2-4-7-14;2*28-18-12-16-15(7-4-10-23-16)22(8-9-22)13-17(18)24-21(29)20-25-19(26-27-20)11-14-5-2-1-3-6-14/h2*2-8,11,16H,9-10,12-13H2,1H3,(H,24,29)(H,25,26,27);2*1-7,10,17H,8-9,11-13H2,(H,24,29)(H,25,26,27)/t2*16-;2*17-/m1010/s1. The van der Waals surface area contributed by atoms with Crippen LogP contribution in [-0.2, 0) is 79.4 Å². The maximum Gasteiger partial charge on any atom is 0.291 e. The molecular weight excluding hydrogens is 1490 g/mol. The van der Waals surface area contributed by atoms with Crippen LogP contribution in [0.3, 0.4) is 0 Å². The van der Waals surface area contributed by atoms with Crippen molar-refractivity contribution in [3.8, 4) is 0 Å². The number of benzene rings is 4. The minimum atomic E-state index is -0.643. The molecule has 6 amide bonds. The van der Waals surface area contributed by atoms with Crippen LogP contribution in [0.5, 0.6) is 0 Å². The van der Waals surface area contributed by atoms with E-state index in [1.807, 2.05) is 158 Å². The second kappa shape index (κ2) is 32.5. The summed E-state index contributed by atoms with van der Waals surface area (Å²) in [5.41, 5.74) is 10.2. The van der Waals surface area contributed by atoms with Gasteiger partial charge in [-0.25, -0.2) is 29.9 Å². The van der Waals surface area contributed by atoms with E-state index in [2.05, 4.69) is 114 Å². The number of pyridine rings is 4. The monoisotopic (exact) mass is 1580 g/mol. The molecular formula is C88H86N22O8. The number of nitrogens with one attached hydrogen (secondary N) is 8.